The van der Waals surface area contributed by atoms with Crippen molar-refractivity contribution in [2.24, 2.45) is 11.7 Å². The van der Waals surface area contributed by atoms with E-state index in [-0.39, 0.29) is 30.4 Å². The molecule has 1 heterocycles. The van der Waals surface area contributed by atoms with Crippen molar-refractivity contribution in [3.05, 3.63) is 0 Å². The molecular formula is C14H27N3O2. The van der Waals surface area contributed by atoms with Gasteiger partial charge in [-0.1, -0.05) is 13.8 Å². The number of nitrogens with zero attached hydrogens (tertiary/aromatic N) is 2. The summed E-state index contributed by atoms with van der Waals surface area (Å²) in [6, 6.07) is -0.150. The van der Waals surface area contributed by atoms with E-state index in [4.69, 9.17) is 5.73 Å². The van der Waals surface area contributed by atoms with Crippen LogP contribution in [0.5, 0.6) is 0 Å². The molecule has 0 aliphatic carbocycles. The third kappa shape index (κ3) is 3.93. The van der Waals surface area contributed by atoms with E-state index < -0.39 is 0 Å². The molecule has 0 aromatic rings. The van der Waals surface area contributed by atoms with Crippen LogP contribution in [0.3, 0.4) is 0 Å². The van der Waals surface area contributed by atoms with Crippen molar-refractivity contribution in [3.63, 3.8) is 0 Å². The van der Waals surface area contributed by atoms with Gasteiger partial charge in [-0.05, 0) is 32.6 Å². The van der Waals surface area contributed by atoms with E-state index in [2.05, 4.69) is 13.8 Å². The molecule has 1 atom stereocenters. The maximum absolute atomic E-state index is 12.6. The summed E-state index contributed by atoms with van der Waals surface area (Å²) >= 11 is 0. The number of carbonyl (C=O) groups is 2. The van der Waals surface area contributed by atoms with Crippen LogP contribution in [0.25, 0.3) is 0 Å². The lowest BCUT2D eigenvalue weighted by Gasteiger charge is -2.34. The first-order chi connectivity index (χ1) is 8.88. The van der Waals surface area contributed by atoms with Gasteiger partial charge in [-0.25, -0.2) is 0 Å². The van der Waals surface area contributed by atoms with Crippen LogP contribution in [0, 0.1) is 5.92 Å². The van der Waals surface area contributed by atoms with Crippen LogP contribution in [-0.2, 0) is 9.59 Å². The average molecular weight is 269 g/mol. The van der Waals surface area contributed by atoms with Gasteiger partial charge in [0.1, 0.15) is 6.04 Å². The van der Waals surface area contributed by atoms with Crippen molar-refractivity contribution in [1.82, 2.24) is 9.80 Å². The molecule has 1 aliphatic heterocycles. The van der Waals surface area contributed by atoms with Crippen molar-refractivity contribution >= 4 is 11.8 Å². The van der Waals surface area contributed by atoms with Crippen molar-refractivity contribution in [3.8, 4) is 0 Å². The fourth-order valence-corrected chi connectivity index (χ4v) is 2.58. The monoisotopic (exact) mass is 269 g/mol. The molecule has 110 valence electrons. The van der Waals surface area contributed by atoms with Gasteiger partial charge < -0.3 is 15.5 Å². The first-order valence-corrected chi connectivity index (χ1v) is 7.18. The van der Waals surface area contributed by atoms with Crippen LogP contribution in [0.2, 0.25) is 0 Å². The van der Waals surface area contributed by atoms with Gasteiger partial charge in [-0.2, -0.15) is 0 Å². The second-order valence-corrected chi connectivity index (χ2v) is 5.93. The SMILES string of the molecule is CC(C)CN(C(=O)[C@@H]1CCCN1C(=O)CN)C(C)C. The Morgan fingerprint density at radius 1 is 1.32 bits per heavy atom. The molecule has 1 aliphatic rings. The third-order valence-electron chi connectivity index (χ3n) is 3.50. The summed E-state index contributed by atoms with van der Waals surface area (Å²) in [7, 11) is 0. The number of hydrogen-bond donors (Lipinski definition) is 1. The Bertz CT molecular complexity index is 329. The first-order valence-electron chi connectivity index (χ1n) is 7.18. The molecule has 0 aromatic carbocycles. The smallest absolute Gasteiger partial charge is 0.245 e. The van der Waals surface area contributed by atoms with E-state index in [0.717, 1.165) is 19.4 Å². The normalized spacial score (nSPS) is 19.3. The van der Waals surface area contributed by atoms with Gasteiger partial charge in [0.05, 0.1) is 6.54 Å². The fourth-order valence-electron chi connectivity index (χ4n) is 2.58. The number of likely N-dealkylation sites (tertiary alicyclic amines) is 1. The van der Waals surface area contributed by atoms with Gasteiger partial charge in [-0.15, -0.1) is 0 Å². The zero-order chi connectivity index (χ0) is 14.6. The van der Waals surface area contributed by atoms with Crippen LogP contribution >= 0.6 is 0 Å². The number of nitrogens with two attached hydrogens (primary N) is 1. The molecule has 0 unspecified atom stereocenters. The summed E-state index contributed by atoms with van der Waals surface area (Å²) in [5.74, 6) is 0.374. The zero-order valence-electron chi connectivity index (χ0n) is 12.6. The first kappa shape index (κ1) is 16.0. The highest BCUT2D eigenvalue weighted by Crippen LogP contribution is 2.21. The van der Waals surface area contributed by atoms with Crippen molar-refractivity contribution in [2.45, 2.75) is 52.6 Å². The highest BCUT2D eigenvalue weighted by atomic mass is 16.2. The van der Waals surface area contributed by atoms with E-state index in [9.17, 15) is 9.59 Å². The molecular weight excluding hydrogens is 242 g/mol. The summed E-state index contributed by atoms with van der Waals surface area (Å²) in [5, 5.41) is 0. The maximum Gasteiger partial charge on any atom is 0.245 e. The van der Waals surface area contributed by atoms with Crippen LogP contribution in [-0.4, -0.2) is 53.3 Å². The number of amides is 2. The molecule has 2 amide bonds. The summed E-state index contributed by atoms with van der Waals surface area (Å²) in [5.41, 5.74) is 5.41. The Morgan fingerprint density at radius 3 is 2.42 bits per heavy atom. The van der Waals surface area contributed by atoms with E-state index in [0.29, 0.717) is 12.5 Å². The topological polar surface area (TPSA) is 66.6 Å². The molecule has 0 radical (unpaired) electrons. The number of hydrogen-bond acceptors (Lipinski definition) is 3. The quantitative estimate of drug-likeness (QED) is 0.804. The minimum Gasteiger partial charge on any atom is -0.338 e. The van der Waals surface area contributed by atoms with E-state index in [1.807, 2.05) is 18.7 Å². The molecule has 2 N–H and O–H groups in total. The van der Waals surface area contributed by atoms with Crippen molar-refractivity contribution in [2.75, 3.05) is 19.6 Å². The molecule has 5 heteroatoms. The lowest BCUT2D eigenvalue weighted by molar-refractivity contribution is -0.144. The molecule has 0 spiro atoms. The number of rotatable bonds is 5. The van der Waals surface area contributed by atoms with Crippen LogP contribution in [0.15, 0.2) is 0 Å². The summed E-state index contributed by atoms with van der Waals surface area (Å²) in [6.45, 7) is 9.60. The Morgan fingerprint density at radius 2 is 1.95 bits per heavy atom. The van der Waals surface area contributed by atoms with Gasteiger partial charge in [-0.3, -0.25) is 9.59 Å². The van der Waals surface area contributed by atoms with Gasteiger partial charge >= 0.3 is 0 Å². The minimum absolute atomic E-state index is 0.0182. The Labute approximate surface area is 116 Å². The predicted octanol–water partition coefficient (Wildman–Crippen LogP) is 0.829. The van der Waals surface area contributed by atoms with Gasteiger partial charge in [0.15, 0.2) is 0 Å². The highest BCUT2D eigenvalue weighted by Gasteiger charge is 2.36. The van der Waals surface area contributed by atoms with E-state index in [1.54, 1.807) is 4.90 Å². The third-order valence-corrected chi connectivity index (χ3v) is 3.50. The molecule has 0 saturated carbocycles. The highest BCUT2D eigenvalue weighted by molar-refractivity contribution is 5.89. The van der Waals surface area contributed by atoms with Gasteiger partial charge in [0.2, 0.25) is 11.8 Å². The van der Waals surface area contributed by atoms with Crippen molar-refractivity contribution < 1.29 is 9.59 Å². The van der Waals surface area contributed by atoms with Crippen LogP contribution in [0.1, 0.15) is 40.5 Å². The maximum atomic E-state index is 12.6. The summed E-state index contributed by atoms with van der Waals surface area (Å²) in [4.78, 5) is 28.0. The van der Waals surface area contributed by atoms with E-state index >= 15 is 0 Å². The molecule has 5 nitrogen and oxygen atoms in total. The summed E-state index contributed by atoms with van der Waals surface area (Å²) in [6.07, 6.45) is 1.64. The predicted molar refractivity (Wildman–Crippen MR) is 75.5 cm³/mol. The fraction of sp³-hybridized carbons (Fsp3) is 0.857. The van der Waals surface area contributed by atoms with E-state index in [1.165, 1.54) is 0 Å². The Balaban J connectivity index is 2.80. The van der Waals surface area contributed by atoms with Crippen LogP contribution < -0.4 is 5.73 Å². The number of carbonyl (C=O) groups excluding carboxylic acids is 2. The largest absolute Gasteiger partial charge is 0.338 e. The molecule has 0 aromatic heterocycles. The molecule has 1 saturated heterocycles. The lowest BCUT2D eigenvalue weighted by Crippen LogP contribution is -2.51. The Hall–Kier alpha value is -1.10. The van der Waals surface area contributed by atoms with Crippen LogP contribution in [0.4, 0.5) is 0 Å². The minimum atomic E-state index is -0.308. The second kappa shape index (κ2) is 6.89. The van der Waals surface area contributed by atoms with Crippen molar-refractivity contribution in [1.29, 1.82) is 0 Å². The standard InChI is InChI=1S/C14H27N3O2/c1-10(2)9-17(11(3)4)14(19)12-6-5-7-16(12)13(18)8-15/h10-12H,5-9,15H2,1-4H3/t12-/m0/s1. The lowest BCUT2D eigenvalue weighted by atomic mass is 10.1. The Kier molecular flexibility index (Phi) is 5.79. The second-order valence-electron chi connectivity index (χ2n) is 5.93. The molecule has 0 bridgehead atoms. The molecule has 1 fully saturated rings. The molecule has 19 heavy (non-hydrogen) atoms. The molecule has 1 rings (SSSR count). The van der Waals surface area contributed by atoms with Gasteiger partial charge in [0.25, 0.3) is 0 Å². The van der Waals surface area contributed by atoms with Gasteiger partial charge in [0, 0.05) is 19.1 Å². The average Bonchev–Trinajstić information content (AvgIpc) is 2.82. The zero-order valence-corrected chi connectivity index (χ0v) is 12.6. The summed E-state index contributed by atoms with van der Waals surface area (Å²) < 4.78 is 0.